The predicted octanol–water partition coefficient (Wildman–Crippen LogP) is 4.06. The Kier molecular flexibility index (Phi) is 7.25. The van der Waals surface area contributed by atoms with Gasteiger partial charge in [0.2, 0.25) is 0 Å². The summed E-state index contributed by atoms with van der Waals surface area (Å²) in [4.78, 5) is 20.9. The van der Waals surface area contributed by atoms with Crippen LogP contribution in [0.15, 0.2) is 84.2 Å². The third-order valence-corrected chi connectivity index (χ3v) is 5.62. The molecule has 0 bridgehead atoms. The molecule has 1 N–H and O–H groups in total. The van der Waals surface area contributed by atoms with E-state index in [1.54, 1.807) is 17.8 Å². The van der Waals surface area contributed by atoms with Crippen molar-refractivity contribution < 1.29 is 4.74 Å². The summed E-state index contributed by atoms with van der Waals surface area (Å²) in [7, 11) is 1.78. The van der Waals surface area contributed by atoms with E-state index in [1.807, 2.05) is 55.0 Å². The van der Waals surface area contributed by atoms with Crippen molar-refractivity contribution in [2.45, 2.75) is 25.3 Å². The third-order valence-electron chi connectivity index (χ3n) is 5.62. The highest BCUT2D eigenvalue weighted by Crippen LogP contribution is 2.19. The summed E-state index contributed by atoms with van der Waals surface area (Å²) in [5.41, 5.74) is 3.24. The predicted molar refractivity (Wildman–Crippen MR) is 127 cm³/mol. The number of nitrogens with zero attached hydrogens (tertiary/aromatic N) is 3. The van der Waals surface area contributed by atoms with Gasteiger partial charge in [-0.2, -0.15) is 0 Å². The van der Waals surface area contributed by atoms with E-state index >= 15 is 0 Å². The minimum atomic E-state index is -0.109. The molecule has 0 saturated carbocycles. The summed E-state index contributed by atoms with van der Waals surface area (Å²) in [6.45, 7) is 1.26. The molecule has 6 heteroatoms. The van der Waals surface area contributed by atoms with E-state index in [4.69, 9.17) is 4.74 Å². The van der Waals surface area contributed by atoms with Gasteiger partial charge in [-0.25, -0.2) is 0 Å². The van der Waals surface area contributed by atoms with Crippen molar-refractivity contribution in [3.63, 3.8) is 0 Å². The number of ether oxygens (including phenoxy) is 1. The van der Waals surface area contributed by atoms with E-state index in [-0.39, 0.29) is 11.6 Å². The van der Waals surface area contributed by atoms with Crippen LogP contribution in [0, 0.1) is 0 Å². The van der Waals surface area contributed by atoms with Gasteiger partial charge >= 0.3 is 0 Å². The summed E-state index contributed by atoms with van der Waals surface area (Å²) in [6.07, 6.45) is 10.1. The lowest BCUT2D eigenvalue weighted by molar-refractivity contribution is 0.299. The molecule has 32 heavy (non-hydrogen) atoms. The molecule has 0 aliphatic carbocycles. The molecule has 1 aromatic carbocycles. The molecule has 6 nitrogen and oxygen atoms in total. The molecular formula is C26H28N4O2. The van der Waals surface area contributed by atoms with E-state index in [1.165, 1.54) is 11.1 Å². The Hall–Kier alpha value is -3.51. The zero-order valence-corrected chi connectivity index (χ0v) is 18.3. The maximum atomic E-state index is 12.6. The molecular weight excluding hydrogens is 400 g/mol. The van der Waals surface area contributed by atoms with Crippen molar-refractivity contribution in [3.8, 4) is 5.75 Å². The van der Waals surface area contributed by atoms with Gasteiger partial charge in [0, 0.05) is 43.3 Å². The van der Waals surface area contributed by atoms with Crippen LogP contribution >= 0.6 is 0 Å². The van der Waals surface area contributed by atoms with E-state index < -0.39 is 0 Å². The number of benzene rings is 1. The van der Waals surface area contributed by atoms with E-state index in [0.29, 0.717) is 12.4 Å². The molecule has 0 saturated heterocycles. The molecule has 164 valence electrons. The van der Waals surface area contributed by atoms with Gasteiger partial charge in [0.25, 0.3) is 5.56 Å². The number of para-hydroxylation sites is 1. The molecule has 0 spiro atoms. The zero-order chi connectivity index (χ0) is 22.2. The van der Waals surface area contributed by atoms with Gasteiger partial charge < -0.3 is 14.6 Å². The monoisotopic (exact) mass is 428 g/mol. The fourth-order valence-electron chi connectivity index (χ4n) is 3.87. The summed E-state index contributed by atoms with van der Waals surface area (Å²) >= 11 is 0. The first-order valence-corrected chi connectivity index (χ1v) is 11.0. The first-order valence-electron chi connectivity index (χ1n) is 11.0. The maximum Gasteiger partial charge on any atom is 0.293 e. The average Bonchev–Trinajstić information content (AvgIpc) is 2.85. The Balaban J connectivity index is 1.33. The molecule has 0 amide bonds. The molecule has 1 unspecified atom stereocenters. The highest BCUT2D eigenvalue weighted by Gasteiger charge is 2.12. The molecule has 0 aliphatic rings. The number of aryl methyl sites for hydroxylation is 2. The van der Waals surface area contributed by atoms with Crippen molar-refractivity contribution >= 4 is 10.9 Å². The maximum absolute atomic E-state index is 12.6. The number of aromatic nitrogens is 3. The minimum Gasteiger partial charge on any atom is -0.488 e. The number of hydrogen-bond acceptors (Lipinski definition) is 5. The standard InChI is InChI=1S/C26H28N4O2/c1-30-24-8-3-2-7-22(24)18-25(26(30)31)32-17-5-14-29-23(21-11-15-27-16-12-21)10-9-20-6-4-13-28-19-20/h2-4,6-8,11-13,15-16,18-19,23,29H,5,9-10,14,17H2,1H3. The second-order valence-electron chi connectivity index (χ2n) is 7.82. The van der Waals surface area contributed by atoms with E-state index in [2.05, 4.69) is 33.5 Å². The number of fused-ring (bicyclic) bond motifs is 1. The van der Waals surface area contributed by atoms with Gasteiger partial charge in [-0.1, -0.05) is 24.3 Å². The van der Waals surface area contributed by atoms with Crippen LogP contribution in [0.5, 0.6) is 5.75 Å². The molecule has 4 aromatic rings. The molecule has 0 radical (unpaired) electrons. The lowest BCUT2D eigenvalue weighted by Crippen LogP contribution is -2.25. The van der Waals surface area contributed by atoms with Crippen LogP contribution in [-0.4, -0.2) is 27.7 Å². The number of nitrogens with one attached hydrogen (secondary N) is 1. The molecule has 0 aliphatic heterocycles. The fraction of sp³-hybridized carbons (Fsp3) is 0.269. The molecule has 1 atom stereocenters. The van der Waals surface area contributed by atoms with Crippen molar-refractivity contribution in [1.82, 2.24) is 19.9 Å². The highest BCUT2D eigenvalue weighted by atomic mass is 16.5. The van der Waals surface area contributed by atoms with Crippen molar-refractivity contribution in [2.75, 3.05) is 13.2 Å². The Bertz CT molecular complexity index is 1190. The van der Waals surface area contributed by atoms with E-state index in [9.17, 15) is 4.79 Å². The van der Waals surface area contributed by atoms with Gasteiger partial charge in [-0.3, -0.25) is 14.8 Å². The number of pyridine rings is 3. The van der Waals surface area contributed by atoms with Gasteiger partial charge in [0.15, 0.2) is 5.75 Å². The smallest absolute Gasteiger partial charge is 0.293 e. The Morgan fingerprint density at radius 2 is 1.88 bits per heavy atom. The van der Waals surface area contributed by atoms with Gasteiger partial charge in [-0.05, 0) is 67.3 Å². The van der Waals surface area contributed by atoms with Gasteiger partial charge in [-0.15, -0.1) is 0 Å². The SMILES string of the molecule is Cn1c(=O)c(OCCCNC(CCc2cccnc2)c2ccncc2)cc2ccccc21. The summed E-state index contributed by atoms with van der Waals surface area (Å²) in [5.74, 6) is 0.397. The summed E-state index contributed by atoms with van der Waals surface area (Å²) in [5, 5.41) is 4.63. The molecule has 4 rings (SSSR count). The molecule has 0 fully saturated rings. The van der Waals surface area contributed by atoms with E-state index in [0.717, 1.165) is 36.7 Å². The van der Waals surface area contributed by atoms with Crippen LogP contribution in [0.25, 0.3) is 10.9 Å². The first kappa shape index (κ1) is 21.7. The second-order valence-corrected chi connectivity index (χ2v) is 7.82. The largest absolute Gasteiger partial charge is 0.488 e. The highest BCUT2D eigenvalue weighted by molar-refractivity contribution is 5.80. The third kappa shape index (κ3) is 5.39. The quantitative estimate of drug-likeness (QED) is 0.386. The molecule has 3 aromatic heterocycles. The average molecular weight is 429 g/mol. The van der Waals surface area contributed by atoms with Crippen LogP contribution in [0.2, 0.25) is 0 Å². The Morgan fingerprint density at radius 3 is 2.69 bits per heavy atom. The second kappa shape index (κ2) is 10.7. The molecule has 3 heterocycles. The van der Waals surface area contributed by atoms with Gasteiger partial charge in [0.1, 0.15) is 0 Å². The topological polar surface area (TPSA) is 69.0 Å². The first-order chi connectivity index (χ1) is 15.7. The van der Waals surface area contributed by atoms with Gasteiger partial charge in [0.05, 0.1) is 12.1 Å². The summed E-state index contributed by atoms with van der Waals surface area (Å²) in [6, 6.07) is 18.1. The Morgan fingerprint density at radius 1 is 1.03 bits per heavy atom. The Labute approximate surface area is 187 Å². The van der Waals surface area contributed by atoms with Crippen LogP contribution in [-0.2, 0) is 13.5 Å². The normalized spacial score (nSPS) is 12.0. The fourth-order valence-corrected chi connectivity index (χ4v) is 3.87. The lowest BCUT2D eigenvalue weighted by atomic mass is 10.0. The van der Waals surface area contributed by atoms with Crippen LogP contribution in [0.4, 0.5) is 0 Å². The van der Waals surface area contributed by atoms with Crippen LogP contribution in [0.3, 0.4) is 0 Å². The van der Waals surface area contributed by atoms with Crippen LogP contribution in [0.1, 0.15) is 30.0 Å². The minimum absolute atomic E-state index is 0.109. The number of rotatable bonds is 10. The van der Waals surface area contributed by atoms with Crippen molar-refractivity contribution in [1.29, 1.82) is 0 Å². The van der Waals surface area contributed by atoms with Crippen LogP contribution < -0.4 is 15.6 Å². The zero-order valence-electron chi connectivity index (χ0n) is 18.3. The lowest BCUT2D eigenvalue weighted by Gasteiger charge is -2.19. The summed E-state index contributed by atoms with van der Waals surface area (Å²) < 4.78 is 7.49. The van der Waals surface area contributed by atoms with Crippen molar-refractivity contribution in [2.24, 2.45) is 7.05 Å². The van der Waals surface area contributed by atoms with Crippen molar-refractivity contribution in [3.05, 3.63) is 101 Å². The number of hydrogen-bond donors (Lipinski definition) is 1.